The van der Waals surface area contributed by atoms with Crippen LogP contribution in [-0.2, 0) is 6.54 Å². The predicted octanol–water partition coefficient (Wildman–Crippen LogP) is 2.79. The molecule has 102 valence electrons. The number of aromatic nitrogens is 2. The molecule has 1 aromatic rings. The molecule has 0 unspecified atom stereocenters. The van der Waals surface area contributed by atoms with Crippen molar-refractivity contribution in [2.75, 3.05) is 6.61 Å². The summed E-state index contributed by atoms with van der Waals surface area (Å²) in [6.45, 7) is 12.1. The Hall–Kier alpha value is -1.16. The highest BCUT2D eigenvalue weighted by Gasteiger charge is 2.09. The summed E-state index contributed by atoms with van der Waals surface area (Å²) in [6.07, 6.45) is 4.47. The molecule has 1 N–H and O–H groups in total. The monoisotopic (exact) mass is 251 g/mol. The van der Waals surface area contributed by atoms with Crippen LogP contribution in [-0.4, -0.2) is 22.1 Å². The minimum atomic E-state index is 0.0795. The molecule has 18 heavy (non-hydrogen) atoms. The van der Waals surface area contributed by atoms with Crippen molar-refractivity contribution in [1.82, 2.24) is 15.3 Å². The summed E-state index contributed by atoms with van der Waals surface area (Å²) in [5.41, 5.74) is 0.989. The van der Waals surface area contributed by atoms with Crippen molar-refractivity contribution in [2.24, 2.45) is 5.92 Å². The zero-order chi connectivity index (χ0) is 13.6. The van der Waals surface area contributed by atoms with E-state index in [2.05, 4.69) is 49.9 Å². The molecule has 0 saturated heterocycles. The number of rotatable bonds is 6. The van der Waals surface area contributed by atoms with Gasteiger partial charge in [0.05, 0.1) is 18.5 Å². The molecule has 0 spiro atoms. The molecule has 0 amide bonds. The number of ether oxygens (including phenoxy) is 1. The fourth-order valence-corrected chi connectivity index (χ4v) is 1.30. The van der Waals surface area contributed by atoms with E-state index in [9.17, 15) is 0 Å². The van der Waals surface area contributed by atoms with Crippen LogP contribution in [0.4, 0.5) is 0 Å². The van der Waals surface area contributed by atoms with Gasteiger partial charge in [-0.1, -0.05) is 13.8 Å². The lowest BCUT2D eigenvalue weighted by molar-refractivity contribution is 0.277. The highest BCUT2D eigenvalue weighted by molar-refractivity contribution is 5.08. The van der Waals surface area contributed by atoms with Crippen molar-refractivity contribution in [3.63, 3.8) is 0 Å². The Kier molecular flexibility index (Phi) is 5.54. The molecule has 0 aliphatic rings. The number of hydrogen-bond donors (Lipinski definition) is 1. The average molecular weight is 251 g/mol. The summed E-state index contributed by atoms with van der Waals surface area (Å²) in [4.78, 5) is 8.58. The smallest absolute Gasteiger partial charge is 0.232 e. The van der Waals surface area contributed by atoms with Crippen LogP contribution in [0.25, 0.3) is 0 Å². The Morgan fingerprint density at radius 2 is 2.00 bits per heavy atom. The molecule has 0 saturated carbocycles. The summed E-state index contributed by atoms with van der Waals surface area (Å²) in [5.74, 6) is 1.26. The van der Waals surface area contributed by atoms with Gasteiger partial charge >= 0.3 is 0 Å². The molecule has 1 heterocycles. The Morgan fingerprint density at radius 1 is 1.28 bits per heavy atom. The van der Waals surface area contributed by atoms with E-state index >= 15 is 0 Å². The molecular formula is C14H25N3O. The van der Waals surface area contributed by atoms with E-state index in [1.54, 1.807) is 12.4 Å². The van der Waals surface area contributed by atoms with Crippen LogP contribution in [0, 0.1) is 5.92 Å². The lowest BCUT2D eigenvalue weighted by Gasteiger charge is -2.20. The van der Waals surface area contributed by atoms with Crippen molar-refractivity contribution >= 4 is 0 Å². The third-order valence-electron chi connectivity index (χ3n) is 2.41. The summed E-state index contributed by atoms with van der Waals surface area (Å²) >= 11 is 0. The van der Waals surface area contributed by atoms with E-state index in [1.165, 1.54) is 0 Å². The van der Waals surface area contributed by atoms with E-state index in [0.29, 0.717) is 24.9 Å². The van der Waals surface area contributed by atoms with Crippen LogP contribution in [0.2, 0.25) is 0 Å². The number of hydrogen-bond acceptors (Lipinski definition) is 4. The molecular weight excluding hydrogens is 226 g/mol. The molecule has 1 aromatic heterocycles. The van der Waals surface area contributed by atoms with Gasteiger partial charge in [0.15, 0.2) is 0 Å². The van der Waals surface area contributed by atoms with Gasteiger partial charge in [-0.15, -0.1) is 0 Å². The zero-order valence-corrected chi connectivity index (χ0v) is 12.2. The average Bonchev–Trinajstić information content (AvgIpc) is 2.26. The fraction of sp³-hybridized carbons (Fsp3) is 0.714. The Morgan fingerprint density at radius 3 is 2.61 bits per heavy atom. The molecule has 0 atom stereocenters. The van der Waals surface area contributed by atoms with Gasteiger partial charge in [-0.2, -0.15) is 0 Å². The minimum Gasteiger partial charge on any atom is -0.477 e. The largest absolute Gasteiger partial charge is 0.477 e. The summed E-state index contributed by atoms with van der Waals surface area (Å²) in [7, 11) is 0. The third-order valence-corrected chi connectivity index (χ3v) is 2.41. The Labute approximate surface area is 110 Å². The highest BCUT2D eigenvalue weighted by atomic mass is 16.5. The molecule has 0 aromatic carbocycles. The summed E-state index contributed by atoms with van der Waals surface area (Å²) < 4.78 is 5.59. The van der Waals surface area contributed by atoms with Crippen LogP contribution >= 0.6 is 0 Å². The molecule has 1 rings (SSSR count). The molecule has 4 heteroatoms. The van der Waals surface area contributed by atoms with Crippen LogP contribution < -0.4 is 10.1 Å². The summed E-state index contributed by atoms with van der Waals surface area (Å²) in [6, 6.07) is 0. The maximum absolute atomic E-state index is 5.59. The SMILES string of the molecule is CC(C)CCOc1cncc(CNC(C)(C)C)n1. The maximum Gasteiger partial charge on any atom is 0.232 e. The fourth-order valence-electron chi connectivity index (χ4n) is 1.30. The van der Waals surface area contributed by atoms with Gasteiger partial charge in [-0.25, -0.2) is 4.98 Å². The molecule has 0 aliphatic heterocycles. The molecule has 4 nitrogen and oxygen atoms in total. The third kappa shape index (κ3) is 6.55. The van der Waals surface area contributed by atoms with Crippen LogP contribution in [0.5, 0.6) is 5.88 Å². The number of nitrogens with one attached hydrogen (secondary N) is 1. The summed E-state index contributed by atoms with van der Waals surface area (Å²) in [5, 5.41) is 3.38. The zero-order valence-electron chi connectivity index (χ0n) is 12.2. The first-order valence-corrected chi connectivity index (χ1v) is 6.55. The lowest BCUT2D eigenvalue weighted by Crippen LogP contribution is -2.35. The normalized spacial score (nSPS) is 11.9. The van der Waals surface area contributed by atoms with Crippen LogP contribution in [0.3, 0.4) is 0 Å². The Bertz CT molecular complexity index is 358. The van der Waals surface area contributed by atoms with Crippen molar-refractivity contribution in [1.29, 1.82) is 0 Å². The van der Waals surface area contributed by atoms with Gasteiger partial charge in [-0.05, 0) is 33.1 Å². The van der Waals surface area contributed by atoms with Gasteiger partial charge in [0.1, 0.15) is 0 Å². The topological polar surface area (TPSA) is 47.0 Å². The first kappa shape index (κ1) is 14.9. The second kappa shape index (κ2) is 6.69. The Balaban J connectivity index is 2.46. The highest BCUT2D eigenvalue weighted by Crippen LogP contribution is 2.08. The van der Waals surface area contributed by atoms with Crippen LogP contribution in [0.15, 0.2) is 12.4 Å². The lowest BCUT2D eigenvalue weighted by atomic mass is 10.1. The van der Waals surface area contributed by atoms with Gasteiger partial charge in [-0.3, -0.25) is 4.98 Å². The van der Waals surface area contributed by atoms with E-state index in [0.717, 1.165) is 12.1 Å². The molecule has 0 radical (unpaired) electrons. The standard InChI is InChI=1S/C14H25N3O/c1-11(2)6-7-18-13-10-15-8-12(17-13)9-16-14(3,4)5/h8,10-11,16H,6-7,9H2,1-5H3. The van der Waals surface area contributed by atoms with Gasteiger partial charge in [0, 0.05) is 18.3 Å². The first-order chi connectivity index (χ1) is 8.37. The van der Waals surface area contributed by atoms with E-state index in [4.69, 9.17) is 4.74 Å². The molecule has 0 aliphatic carbocycles. The van der Waals surface area contributed by atoms with Crippen molar-refractivity contribution in [2.45, 2.75) is 53.1 Å². The van der Waals surface area contributed by atoms with Crippen molar-refractivity contribution in [3.8, 4) is 5.88 Å². The van der Waals surface area contributed by atoms with Crippen molar-refractivity contribution < 1.29 is 4.74 Å². The predicted molar refractivity (Wildman–Crippen MR) is 73.6 cm³/mol. The molecule has 0 bridgehead atoms. The number of nitrogens with zero attached hydrogens (tertiary/aromatic N) is 2. The van der Waals surface area contributed by atoms with E-state index in [-0.39, 0.29) is 5.54 Å². The maximum atomic E-state index is 5.59. The van der Waals surface area contributed by atoms with Gasteiger partial charge in [0.2, 0.25) is 5.88 Å². The van der Waals surface area contributed by atoms with Gasteiger partial charge in [0.25, 0.3) is 0 Å². The van der Waals surface area contributed by atoms with E-state index < -0.39 is 0 Å². The van der Waals surface area contributed by atoms with Crippen molar-refractivity contribution in [3.05, 3.63) is 18.1 Å². The molecule has 0 fully saturated rings. The van der Waals surface area contributed by atoms with E-state index in [1.807, 2.05) is 0 Å². The first-order valence-electron chi connectivity index (χ1n) is 6.55. The second-order valence-corrected chi connectivity index (χ2v) is 5.98. The second-order valence-electron chi connectivity index (χ2n) is 5.98. The minimum absolute atomic E-state index is 0.0795. The van der Waals surface area contributed by atoms with Gasteiger partial charge < -0.3 is 10.1 Å². The quantitative estimate of drug-likeness (QED) is 0.844. The van der Waals surface area contributed by atoms with Crippen LogP contribution in [0.1, 0.15) is 46.7 Å².